The smallest absolute Gasteiger partial charge is 0.151 e. The summed E-state index contributed by atoms with van der Waals surface area (Å²) in [5.41, 5.74) is 2.43. The van der Waals surface area contributed by atoms with E-state index in [2.05, 4.69) is 22.3 Å². The predicted octanol–water partition coefficient (Wildman–Crippen LogP) is 1.59. The molecule has 0 saturated heterocycles. The molecule has 0 fully saturated rings. The van der Waals surface area contributed by atoms with Crippen molar-refractivity contribution in [2.24, 2.45) is 0 Å². The minimum atomic E-state index is -2.90. The van der Waals surface area contributed by atoms with E-state index < -0.39 is 9.84 Å². The molecule has 5 heteroatoms. The standard InChI is InChI=1S/C14H22N2O2S/c1-3-19(17,18)11-10-16-9-8-13(15-2)12-6-4-5-7-14(12)16/h4-7,13,15H,3,8-11H2,1-2H3. The Kier molecular flexibility index (Phi) is 4.47. The van der Waals surface area contributed by atoms with E-state index >= 15 is 0 Å². The molecule has 1 N–H and O–H groups in total. The molecule has 4 nitrogen and oxygen atoms in total. The van der Waals surface area contributed by atoms with Crippen LogP contribution in [-0.2, 0) is 9.84 Å². The SMILES string of the molecule is CCS(=O)(=O)CCN1CCC(NC)c2ccccc21. The van der Waals surface area contributed by atoms with E-state index in [0.717, 1.165) is 13.0 Å². The Morgan fingerprint density at radius 1 is 1.37 bits per heavy atom. The third-order valence-electron chi connectivity index (χ3n) is 3.80. The van der Waals surface area contributed by atoms with Gasteiger partial charge in [0.1, 0.15) is 0 Å². The van der Waals surface area contributed by atoms with Crippen LogP contribution in [0, 0.1) is 0 Å². The lowest BCUT2D eigenvalue weighted by molar-refractivity contribution is 0.519. The Bertz CT molecular complexity index is 528. The number of benzene rings is 1. The Morgan fingerprint density at radius 2 is 2.11 bits per heavy atom. The fraction of sp³-hybridized carbons (Fsp3) is 0.571. The van der Waals surface area contributed by atoms with Gasteiger partial charge in [-0.1, -0.05) is 25.1 Å². The molecule has 1 aromatic carbocycles. The number of anilines is 1. The molecule has 0 saturated carbocycles. The first-order valence-electron chi connectivity index (χ1n) is 6.79. The molecule has 1 heterocycles. The summed E-state index contributed by atoms with van der Waals surface area (Å²) >= 11 is 0. The maximum Gasteiger partial charge on any atom is 0.151 e. The third kappa shape index (κ3) is 3.28. The summed E-state index contributed by atoms with van der Waals surface area (Å²) in [7, 11) is -0.927. The highest BCUT2D eigenvalue weighted by atomic mass is 32.2. The van der Waals surface area contributed by atoms with Gasteiger partial charge in [0.15, 0.2) is 9.84 Å². The highest BCUT2D eigenvalue weighted by Gasteiger charge is 2.24. The number of sulfone groups is 1. The summed E-state index contributed by atoms with van der Waals surface area (Å²) in [6.45, 7) is 3.20. The van der Waals surface area contributed by atoms with Gasteiger partial charge in [0.05, 0.1) is 5.75 Å². The lowest BCUT2D eigenvalue weighted by Crippen LogP contribution is -2.37. The zero-order chi connectivity index (χ0) is 13.9. The third-order valence-corrected chi connectivity index (χ3v) is 5.49. The molecule has 0 aliphatic carbocycles. The van der Waals surface area contributed by atoms with E-state index in [1.807, 2.05) is 19.2 Å². The van der Waals surface area contributed by atoms with Crippen molar-refractivity contribution < 1.29 is 8.42 Å². The van der Waals surface area contributed by atoms with Crippen molar-refractivity contribution in [3.63, 3.8) is 0 Å². The molecule has 2 rings (SSSR count). The van der Waals surface area contributed by atoms with Crippen LogP contribution < -0.4 is 10.2 Å². The normalized spacial score (nSPS) is 19.3. The highest BCUT2D eigenvalue weighted by molar-refractivity contribution is 7.91. The van der Waals surface area contributed by atoms with Gasteiger partial charge in [-0.15, -0.1) is 0 Å². The van der Waals surface area contributed by atoms with Gasteiger partial charge in [-0.2, -0.15) is 0 Å². The number of nitrogens with zero attached hydrogens (tertiary/aromatic N) is 1. The van der Waals surface area contributed by atoms with Crippen LogP contribution in [0.1, 0.15) is 24.9 Å². The van der Waals surface area contributed by atoms with Crippen LogP contribution in [-0.4, -0.2) is 40.1 Å². The first-order chi connectivity index (χ1) is 9.07. The number of para-hydroxylation sites is 1. The van der Waals surface area contributed by atoms with Crippen molar-refractivity contribution in [3.05, 3.63) is 29.8 Å². The molecule has 1 unspecified atom stereocenters. The molecule has 19 heavy (non-hydrogen) atoms. The summed E-state index contributed by atoms with van der Waals surface area (Å²) in [6.07, 6.45) is 1.01. The lowest BCUT2D eigenvalue weighted by atomic mass is 9.96. The molecule has 0 radical (unpaired) electrons. The Morgan fingerprint density at radius 3 is 2.79 bits per heavy atom. The zero-order valence-corrected chi connectivity index (χ0v) is 12.4. The minimum absolute atomic E-state index is 0.224. The molecular weight excluding hydrogens is 260 g/mol. The second-order valence-electron chi connectivity index (χ2n) is 4.91. The van der Waals surface area contributed by atoms with Crippen LogP contribution in [0.15, 0.2) is 24.3 Å². The van der Waals surface area contributed by atoms with Gasteiger partial charge in [0, 0.05) is 30.6 Å². The molecule has 106 valence electrons. The Labute approximate surface area is 115 Å². The second kappa shape index (κ2) is 5.92. The van der Waals surface area contributed by atoms with Crippen LogP contribution in [0.2, 0.25) is 0 Å². The monoisotopic (exact) mass is 282 g/mol. The second-order valence-corrected chi connectivity index (χ2v) is 7.38. The van der Waals surface area contributed by atoms with Crippen LogP contribution in [0.25, 0.3) is 0 Å². The number of rotatable bonds is 5. The van der Waals surface area contributed by atoms with Crippen molar-refractivity contribution in [2.75, 3.05) is 36.5 Å². The topological polar surface area (TPSA) is 49.4 Å². The van der Waals surface area contributed by atoms with Gasteiger partial charge in [-0.05, 0) is 25.1 Å². The number of hydrogen-bond acceptors (Lipinski definition) is 4. The average Bonchev–Trinajstić information content (AvgIpc) is 2.44. The summed E-state index contributed by atoms with van der Waals surface area (Å²) < 4.78 is 23.3. The van der Waals surface area contributed by atoms with Gasteiger partial charge in [-0.3, -0.25) is 0 Å². The summed E-state index contributed by atoms with van der Waals surface area (Å²) in [5.74, 6) is 0.462. The maximum atomic E-state index is 11.6. The summed E-state index contributed by atoms with van der Waals surface area (Å²) in [5, 5.41) is 3.32. The first-order valence-corrected chi connectivity index (χ1v) is 8.61. The number of fused-ring (bicyclic) bond motifs is 1. The van der Waals surface area contributed by atoms with E-state index in [-0.39, 0.29) is 11.5 Å². The van der Waals surface area contributed by atoms with E-state index in [1.54, 1.807) is 6.92 Å². The van der Waals surface area contributed by atoms with Crippen LogP contribution in [0.4, 0.5) is 5.69 Å². The summed E-state index contributed by atoms with van der Waals surface area (Å²) in [4.78, 5) is 2.19. The van der Waals surface area contributed by atoms with Crippen LogP contribution in [0.5, 0.6) is 0 Å². The predicted molar refractivity (Wildman–Crippen MR) is 79.4 cm³/mol. The quantitative estimate of drug-likeness (QED) is 0.891. The van der Waals surface area contributed by atoms with Crippen molar-refractivity contribution in [2.45, 2.75) is 19.4 Å². The molecule has 1 atom stereocenters. The molecule has 0 aromatic heterocycles. The zero-order valence-electron chi connectivity index (χ0n) is 11.6. The number of hydrogen-bond donors (Lipinski definition) is 1. The largest absolute Gasteiger partial charge is 0.370 e. The molecule has 1 aliphatic rings. The van der Waals surface area contributed by atoms with Crippen molar-refractivity contribution in [1.82, 2.24) is 5.32 Å². The van der Waals surface area contributed by atoms with E-state index in [4.69, 9.17) is 0 Å². The Hall–Kier alpha value is -1.07. The van der Waals surface area contributed by atoms with Crippen molar-refractivity contribution >= 4 is 15.5 Å². The lowest BCUT2D eigenvalue weighted by Gasteiger charge is -2.35. The van der Waals surface area contributed by atoms with Crippen molar-refractivity contribution in [3.8, 4) is 0 Å². The van der Waals surface area contributed by atoms with Gasteiger partial charge in [-0.25, -0.2) is 8.42 Å². The first kappa shape index (κ1) is 14.3. The Balaban J connectivity index is 2.16. The van der Waals surface area contributed by atoms with Gasteiger partial charge >= 0.3 is 0 Å². The number of nitrogens with one attached hydrogen (secondary N) is 1. The molecule has 1 aromatic rings. The van der Waals surface area contributed by atoms with Crippen molar-refractivity contribution in [1.29, 1.82) is 0 Å². The van der Waals surface area contributed by atoms with Gasteiger partial charge in [0.25, 0.3) is 0 Å². The van der Waals surface area contributed by atoms with E-state index in [0.29, 0.717) is 12.6 Å². The summed E-state index contributed by atoms with van der Waals surface area (Å²) in [6, 6.07) is 8.62. The fourth-order valence-corrected chi connectivity index (χ4v) is 3.34. The molecule has 0 amide bonds. The van der Waals surface area contributed by atoms with Gasteiger partial charge < -0.3 is 10.2 Å². The molecule has 0 spiro atoms. The van der Waals surface area contributed by atoms with Crippen LogP contribution in [0.3, 0.4) is 0 Å². The van der Waals surface area contributed by atoms with E-state index in [1.165, 1.54) is 11.3 Å². The molecule has 0 bridgehead atoms. The molecular formula is C14H22N2O2S. The fourth-order valence-electron chi connectivity index (χ4n) is 2.56. The average molecular weight is 282 g/mol. The highest BCUT2D eigenvalue weighted by Crippen LogP contribution is 2.33. The van der Waals surface area contributed by atoms with Crippen LogP contribution >= 0.6 is 0 Å². The maximum absolute atomic E-state index is 11.6. The minimum Gasteiger partial charge on any atom is -0.370 e. The van der Waals surface area contributed by atoms with Gasteiger partial charge in [0.2, 0.25) is 0 Å². The molecule has 1 aliphatic heterocycles. The van der Waals surface area contributed by atoms with E-state index in [9.17, 15) is 8.42 Å².